The molecule has 5 amide bonds. The lowest BCUT2D eigenvalue weighted by Gasteiger charge is -2.30. The molecule has 3 N–H and O–H groups in total. The van der Waals surface area contributed by atoms with E-state index >= 15 is 0 Å². The fourth-order valence-electron chi connectivity index (χ4n) is 4.04. The topological polar surface area (TPSA) is 111 Å². The van der Waals surface area contributed by atoms with Crippen molar-refractivity contribution >= 4 is 29.4 Å². The Kier molecular flexibility index (Phi) is 7.25. The first kappa shape index (κ1) is 24.5. The third-order valence-electron chi connectivity index (χ3n) is 5.75. The average Bonchev–Trinajstić information content (AvgIpc) is 2.96. The smallest absolute Gasteiger partial charge is 0.324 e. The molecule has 1 aliphatic heterocycles. The third-order valence-corrected chi connectivity index (χ3v) is 5.75. The molecule has 1 spiro atoms. The van der Waals surface area contributed by atoms with Crippen LogP contribution in [0, 0.1) is 0 Å². The van der Waals surface area contributed by atoms with Crippen molar-refractivity contribution in [1.82, 2.24) is 20.7 Å². The maximum absolute atomic E-state index is 13.0. The molecule has 33 heavy (non-hydrogen) atoms. The van der Waals surface area contributed by atoms with Crippen LogP contribution in [0.1, 0.15) is 44.1 Å². The zero-order valence-electron chi connectivity index (χ0n) is 18.1. The molecule has 0 atom stereocenters. The van der Waals surface area contributed by atoms with Crippen LogP contribution >= 0.6 is 0 Å². The highest BCUT2D eigenvalue weighted by molar-refractivity contribution is 6.08. The first-order valence-electron chi connectivity index (χ1n) is 10.6. The lowest BCUT2D eigenvalue weighted by molar-refractivity contribution is -0.140. The molecule has 0 aromatic heterocycles. The molecule has 1 saturated carbocycles. The van der Waals surface area contributed by atoms with E-state index in [1.54, 1.807) is 0 Å². The van der Waals surface area contributed by atoms with E-state index in [9.17, 15) is 32.3 Å². The van der Waals surface area contributed by atoms with Gasteiger partial charge in [-0.05, 0) is 32.0 Å². The largest absolute Gasteiger partial charge is 0.418 e. The van der Waals surface area contributed by atoms with Crippen molar-refractivity contribution in [1.29, 1.82) is 0 Å². The Morgan fingerprint density at radius 2 is 1.79 bits per heavy atom. The standard InChI is InChI=1S/C21H26F3N5O4/c1-28(13-17(31)25-15-8-4-3-7-14(15)21(22,23)24)12-9-16(30)27-29-18(32)20(26-19(29)33)10-5-2-6-11-20/h3-4,7-8H,2,5-6,9-13H2,1H3,(H,25,31)(H,26,33)(H,27,30). The highest BCUT2D eigenvalue weighted by Gasteiger charge is 2.52. The number of amides is 5. The van der Waals surface area contributed by atoms with E-state index in [-0.39, 0.29) is 25.2 Å². The van der Waals surface area contributed by atoms with Gasteiger partial charge in [0.15, 0.2) is 0 Å². The number of rotatable bonds is 7. The van der Waals surface area contributed by atoms with Crippen molar-refractivity contribution in [3.63, 3.8) is 0 Å². The lowest BCUT2D eigenvalue weighted by atomic mass is 9.82. The summed E-state index contributed by atoms with van der Waals surface area (Å²) in [6.07, 6.45) is -1.07. The molecular formula is C21H26F3N5O4. The third kappa shape index (κ3) is 5.81. The van der Waals surface area contributed by atoms with Crippen LogP contribution in [0.5, 0.6) is 0 Å². The minimum atomic E-state index is -4.61. The normalized spacial score (nSPS) is 17.9. The molecule has 180 valence electrons. The Hall–Kier alpha value is -3.15. The number of alkyl halides is 3. The van der Waals surface area contributed by atoms with Gasteiger partial charge in [-0.25, -0.2) is 4.79 Å². The van der Waals surface area contributed by atoms with E-state index in [0.717, 1.165) is 31.4 Å². The second kappa shape index (κ2) is 9.77. The van der Waals surface area contributed by atoms with Crippen molar-refractivity contribution < 1.29 is 32.3 Å². The number of nitrogens with zero attached hydrogens (tertiary/aromatic N) is 2. The van der Waals surface area contributed by atoms with Crippen LogP contribution in [0.2, 0.25) is 0 Å². The number of hydrogen-bond donors (Lipinski definition) is 3. The van der Waals surface area contributed by atoms with Crippen LogP contribution in [-0.2, 0) is 20.6 Å². The molecule has 1 aromatic carbocycles. The molecule has 2 aliphatic rings. The monoisotopic (exact) mass is 469 g/mol. The molecule has 9 nitrogen and oxygen atoms in total. The zero-order valence-corrected chi connectivity index (χ0v) is 18.1. The highest BCUT2D eigenvalue weighted by atomic mass is 19.4. The predicted molar refractivity (Wildman–Crippen MR) is 112 cm³/mol. The van der Waals surface area contributed by atoms with Gasteiger partial charge in [-0.15, -0.1) is 0 Å². The van der Waals surface area contributed by atoms with Gasteiger partial charge in [0, 0.05) is 13.0 Å². The van der Waals surface area contributed by atoms with Crippen LogP contribution in [0.4, 0.5) is 23.7 Å². The summed E-state index contributed by atoms with van der Waals surface area (Å²) in [6.45, 7) is -0.180. The second-order valence-electron chi connectivity index (χ2n) is 8.33. The Bertz CT molecular complexity index is 931. The van der Waals surface area contributed by atoms with Crippen molar-refractivity contribution in [3.8, 4) is 0 Å². The van der Waals surface area contributed by atoms with Gasteiger partial charge in [-0.2, -0.15) is 18.2 Å². The van der Waals surface area contributed by atoms with E-state index in [2.05, 4.69) is 16.1 Å². The molecule has 1 heterocycles. The summed E-state index contributed by atoms with van der Waals surface area (Å²) in [5.41, 5.74) is 0.0444. The molecule has 1 aromatic rings. The predicted octanol–water partition coefficient (Wildman–Crippen LogP) is 2.25. The average molecular weight is 469 g/mol. The van der Waals surface area contributed by atoms with E-state index < -0.39 is 41.0 Å². The summed E-state index contributed by atoms with van der Waals surface area (Å²) in [6, 6.07) is 3.96. The second-order valence-corrected chi connectivity index (χ2v) is 8.33. The first-order valence-corrected chi connectivity index (χ1v) is 10.6. The van der Waals surface area contributed by atoms with E-state index in [1.807, 2.05) is 0 Å². The first-order chi connectivity index (χ1) is 15.5. The fraction of sp³-hybridized carbons (Fsp3) is 0.524. The number of nitrogens with one attached hydrogen (secondary N) is 3. The highest BCUT2D eigenvalue weighted by Crippen LogP contribution is 2.35. The van der Waals surface area contributed by atoms with Crippen LogP contribution in [0.25, 0.3) is 0 Å². The summed E-state index contributed by atoms with van der Waals surface area (Å²) in [5.74, 6) is -1.75. The minimum absolute atomic E-state index is 0.0783. The summed E-state index contributed by atoms with van der Waals surface area (Å²) < 4.78 is 39.1. The van der Waals surface area contributed by atoms with Crippen molar-refractivity contribution in [2.45, 2.75) is 50.2 Å². The minimum Gasteiger partial charge on any atom is -0.324 e. The van der Waals surface area contributed by atoms with Gasteiger partial charge in [0.05, 0.1) is 17.8 Å². The number of para-hydroxylation sites is 1. The van der Waals surface area contributed by atoms with Crippen molar-refractivity contribution in [2.24, 2.45) is 0 Å². The van der Waals surface area contributed by atoms with Gasteiger partial charge in [0.25, 0.3) is 5.91 Å². The number of anilines is 1. The van der Waals surface area contributed by atoms with Gasteiger partial charge in [0.1, 0.15) is 5.54 Å². The number of hydrazine groups is 1. The number of likely N-dealkylation sites (N-methyl/N-ethyl adjacent to an activating group) is 1. The Balaban J connectivity index is 1.47. The Morgan fingerprint density at radius 3 is 2.45 bits per heavy atom. The molecule has 2 fully saturated rings. The molecule has 1 aliphatic carbocycles. The SMILES string of the molecule is CN(CCC(=O)NN1C(=O)NC2(CCCCC2)C1=O)CC(=O)Nc1ccccc1C(F)(F)F. The molecule has 0 unspecified atom stereocenters. The summed E-state index contributed by atoms with van der Waals surface area (Å²) in [7, 11) is 1.52. The van der Waals surface area contributed by atoms with E-state index in [4.69, 9.17) is 0 Å². The summed E-state index contributed by atoms with van der Waals surface area (Å²) in [5, 5.41) is 5.62. The Labute approximate surface area is 188 Å². The van der Waals surface area contributed by atoms with E-state index in [0.29, 0.717) is 17.9 Å². The molecule has 3 rings (SSSR count). The van der Waals surface area contributed by atoms with Gasteiger partial charge in [-0.1, -0.05) is 31.4 Å². The molecular weight excluding hydrogens is 443 g/mol. The molecule has 0 radical (unpaired) electrons. The lowest BCUT2D eigenvalue weighted by Crippen LogP contribution is -2.51. The maximum atomic E-state index is 13.0. The van der Waals surface area contributed by atoms with Gasteiger partial charge < -0.3 is 10.6 Å². The number of halogens is 3. The summed E-state index contributed by atoms with van der Waals surface area (Å²) in [4.78, 5) is 50.7. The van der Waals surface area contributed by atoms with E-state index in [1.165, 1.54) is 24.1 Å². The molecule has 12 heteroatoms. The maximum Gasteiger partial charge on any atom is 0.418 e. The van der Waals surface area contributed by atoms with Crippen molar-refractivity contribution in [2.75, 3.05) is 25.5 Å². The summed E-state index contributed by atoms with van der Waals surface area (Å²) >= 11 is 0. The number of hydrogen-bond acceptors (Lipinski definition) is 5. The van der Waals surface area contributed by atoms with Gasteiger partial charge in [0.2, 0.25) is 11.8 Å². The number of carbonyl (C=O) groups excluding carboxylic acids is 4. The van der Waals surface area contributed by atoms with Crippen LogP contribution < -0.4 is 16.1 Å². The van der Waals surface area contributed by atoms with Gasteiger partial charge in [-0.3, -0.25) is 24.7 Å². The number of benzene rings is 1. The number of imide groups is 1. The molecule has 0 bridgehead atoms. The van der Waals surface area contributed by atoms with Crippen molar-refractivity contribution in [3.05, 3.63) is 29.8 Å². The fourth-order valence-corrected chi connectivity index (χ4v) is 4.04. The zero-order chi connectivity index (χ0) is 24.2. The van der Waals surface area contributed by atoms with Crippen LogP contribution in [-0.4, -0.2) is 59.3 Å². The van der Waals surface area contributed by atoms with Crippen LogP contribution in [0.3, 0.4) is 0 Å². The number of urea groups is 1. The molecule has 1 saturated heterocycles. The number of carbonyl (C=O) groups is 4. The Morgan fingerprint density at radius 1 is 1.12 bits per heavy atom. The van der Waals surface area contributed by atoms with Crippen LogP contribution in [0.15, 0.2) is 24.3 Å². The van der Waals surface area contributed by atoms with Gasteiger partial charge >= 0.3 is 12.2 Å². The quantitative estimate of drug-likeness (QED) is 0.531.